The zero-order valence-electron chi connectivity index (χ0n) is 30.0. The van der Waals surface area contributed by atoms with Crippen LogP contribution in [0.2, 0.25) is 0 Å². The number of benzene rings is 8. The van der Waals surface area contributed by atoms with E-state index in [0.29, 0.717) is 0 Å². The van der Waals surface area contributed by atoms with Gasteiger partial charge in [-0.1, -0.05) is 164 Å². The van der Waals surface area contributed by atoms with Crippen LogP contribution < -0.4 is 4.90 Å². The smallest absolute Gasteiger partial charge is 0.0956 e. The van der Waals surface area contributed by atoms with Crippen LogP contribution >= 0.6 is 0 Å². The van der Waals surface area contributed by atoms with Crippen LogP contribution in [0.15, 0.2) is 212 Å². The largest absolute Gasteiger partial charge is 0.308 e. The van der Waals surface area contributed by atoms with E-state index in [1.807, 2.05) is 0 Å². The summed E-state index contributed by atoms with van der Waals surface area (Å²) in [5.41, 5.74) is 12.4. The summed E-state index contributed by atoms with van der Waals surface area (Å²) in [6.45, 7) is 0. The van der Waals surface area contributed by atoms with Gasteiger partial charge in [-0.2, -0.15) is 0 Å². The van der Waals surface area contributed by atoms with Gasteiger partial charge in [-0.05, 0) is 70.4 Å². The number of pyridine rings is 2. The van der Waals surface area contributed by atoms with Crippen molar-refractivity contribution in [3.63, 3.8) is 0 Å². The maximum atomic E-state index is 5.66. The maximum Gasteiger partial charge on any atom is 0.0956 e. The molecule has 0 bridgehead atoms. The molecule has 3 heteroatoms. The first-order valence-corrected chi connectivity index (χ1v) is 18.7. The quantitative estimate of drug-likeness (QED) is 0.155. The predicted octanol–water partition coefficient (Wildman–Crippen LogP) is 14.1. The van der Waals surface area contributed by atoms with Crippen molar-refractivity contribution in [3.8, 4) is 44.9 Å². The van der Waals surface area contributed by atoms with Crippen molar-refractivity contribution in [2.75, 3.05) is 4.90 Å². The van der Waals surface area contributed by atoms with Crippen LogP contribution in [0.3, 0.4) is 0 Å². The molecule has 0 atom stereocenters. The van der Waals surface area contributed by atoms with E-state index in [0.717, 1.165) is 78.3 Å². The average Bonchev–Trinajstić information content (AvgIpc) is 3.27. The Morgan fingerprint density at radius 3 is 1.36 bits per heavy atom. The van der Waals surface area contributed by atoms with Crippen molar-refractivity contribution >= 4 is 49.5 Å². The molecule has 0 N–H and O–H groups in total. The SMILES string of the molecule is c1ccc(-c2cc(-c3cc4c(-c5ccccc5)nc5c(N(c6ccccc6)c6ccccc6)cccc5c4c4ccccc34)cc(-c3ccccc3)n2)cc1. The summed E-state index contributed by atoms with van der Waals surface area (Å²) in [6.07, 6.45) is 0. The summed E-state index contributed by atoms with van der Waals surface area (Å²) in [6, 6.07) is 75.0. The number of hydrogen-bond acceptors (Lipinski definition) is 3. The zero-order valence-corrected chi connectivity index (χ0v) is 30.0. The standard InChI is InChI=1S/C52H35N3/c1-6-19-36(20-7-1)47-33-39(34-48(53-47)37-21-8-2-9-22-37)45-35-46-50(43-30-17-16-29-42(43)45)44-31-18-32-49(52(44)54-51(46)38-23-10-3-11-24-38)55(40-25-12-4-13-26-40)41-27-14-5-15-28-41/h1-35H. The van der Waals surface area contributed by atoms with Gasteiger partial charge in [-0.3, -0.25) is 0 Å². The molecule has 0 saturated heterocycles. The second kappa shape index (κ2) is 13.9. The van der Waals surface area contributed by atoms with Crippen molar-refractivity contribution < 1.29 is 0 Å². The van der Waals surface area contributed by atoms with E-state index < -0.39 is 0 Å². The monoisotopic (exact) mass is 701 g/mol. The Hall–Kier alpha value is -7.36. The number of fused-ring (bicyclic) bond motifs is 5. The topological polar surface area (TPSA) is 29.0 Å². The number of nitrogens with zero attached hydrogens (tertiary/aromatic N) is 3. The van der Waals surface area contributed by atoms with E-state index in [1.165, 1.54) is 16.2 Å². The fraction of sp³-hybridized carbons (Fsp3) is 0. The van der Waals surface area contributed by atoms with Crippen molar-refractivity contribution in [1.29, 1.82) is 0 Å². The van der Waals surface area contributed by atoms with E-state index in [4.69, 9.17) is 9.97 Å². The van der Waals surface area contributed by atoms with Gasteiger partial charge in [0.05, 0.1) is 28.3 Å². The molecule has 10 aromatic rings. The minimum absolute atomic E-state index is 0.938. The number of aromatic nitrogens is 2. The molecule has 2 heterocycles. The van der Waals surface area contributed by atoms with E-state index in [9.17, 15) is 0 Å². The van der Waals surface area contributed by atoms with Crippen LogP contribution in [0.4, 0.5) is 17.1 Å². The minimum atomic E-state index is 0.938. The van der Waals surface area contributed by atoms with Crippen LogP contribution in [0.5, 0.6) is 0 Å². The Morgan fingerprint density at radius 1 is 0.327 bits per heavy atom. The third kappa shape index (κ3) is 5.89. The molecule has 0 radical (unpaired) electrons. The summed E-state index contributed by atoms with van der Waals surface area (Å²) < 4.78 is 0. The minimum Gasteiger partial charge on any atom is -0.308 e. The summed E-state index contributed by atoms with van der Waals surface area (Å²) in [5, 5.41) is 5.76. The highest BCUT2D eigenvalue weighted by Gasteiger charge is 2.22. The lowest BCUT2D eigenvalue weighted by atomic mass is 9.89. The van der Waals surface area contributed by atoms with Crippen LogP contribution in [-0.2, 0) is 0 Å². The third-order valence-corrected chi connectivity index (χ3v) is 10.4. The zero-order chi connectivity index (χ0) is 36.6. The first-order chi connectivity index (χ1) is 27.3. The van der Waals surface area contributed by atoms with Crippen molar-refractivity contribution in [2.24, 2.45) is 0 Å². The molecule has 0 aliphatic heterocycles. The third-order valence-electron chi connectivity index (χ3n) is 10.4. The second-order valence-electron chi connectivity index (χ2n) is 13.8. The molecule has 3 nitrogen and oxygen atoms in total. The number of para-hydroxylation sites is 3. The molecule has 0 saturated carbocycles. The lowest BCUT2D eigenvalue weighted by Gasteiger charge is -2.27. The highest BCUT2D eigenvalue weighted by molar-refractivity contribution is 6.26. The van der Waals surface area contributed by atoms with Crippen LogP contribution in [0.25, 0.3) is 77.3 Å². The lowest BCUT2D eigenvalue weighted by molar-refractivity contribution is 1.28. The highest BCUT2D eigenvalue weighted by atomic mass is 15.1. The molecule has 258 valence electrons. The second-order valence-corrected chi connectivity index (χ2v) is 13.8. The molecule has 2 aromatic heterocycles. The number of anilines is 3. The van der Waals surface area contributed by atoms with E-state index >= 15 is 0 Å². The molecule has 0 amide bonds. The molecule has 10 rings (SSSR count). The summed E-state index contributed by atoms with van der Waals surface area (Å²) in [5.74, 6) is 0. The Labute approximate surface area is 320 Å². The predicted molar refractivity (Wildman–Crippen MR) is 231 cm³/mol. The van der Waals surface area contributed by atoms with Gasteiger partial charge in [0, 0.05) is 44.2 Å². The van der Waals surface area contributed by atoms with Gasteiger partial charge in [0.2, 0.25) is 0 Å². The molecular formula is C52H35N3. The van der Waals surface area contributed by atoms with E-state index in [2.05, 4.69) is 217 Å². The van der Waals surface area contributed by atoms with Crippen LogP contribution in [0, 0.1) is 0 Å². The molecule has 0 aliphatic carbocycles. The van der Waals surface area contributed by atoms with Gasteiger partial charge >= 0.3 is 0 Å². The molecule has 8 aromatic carbocycles. The molecule has 0 unspecified atom stereocenters. The van der Waals surface area contributed by atoms with Crippen molar-refractivity contribution in [2.45, 2.75) is 0 Å². The number of hydrogen-bond donors (Lipinski definition) is 0. The lowest BCUT2D eigenvalue weighted by Crippen LogP contribution is -2.11. The Bertz CT molecular complexity index is 2850. The first-order valence-electron chi connectivity index (χ1n) is 18.7. The fourth-order valence-electron chi connectivity index (χ4n) is 7.89. The molecule has 0 aliphatic rings. The Kier molecular flexibility index (Phi) is 8.16. The van der Waals surface area contributed by atoms with Gasteiger partial charge in [0.1, 0.15) is 0 Å². The van der Waals surface area contributed by atoms with Crippen molar-refractivity contribution in [1.82, 2.24) is 9.97 Å². The van der Waals surface area contributed by atoms with Gasteiger partial charge in [-0.25, -0.2) is 9.97 Å². The van der Waals surface area contributed by atoms with Gasteiger partial charge < -0.3 is 4.90 Å². The van der Waals surface area contributed by atoms with E-state index in [1.54, 1.807) is 0 Å². The van der Waals surface area contributed by atoms with E-state index in [-0.39, 0.29) is 0 Å². The summed E-state index contributed by atoms with van der Waals surface area (Å²) in [7, 11) is 0. The van der Waals surface area contributed by atoms with Gasteiger partial charge in [0.15, 0.2) is 0 Å². The normalized spacial score (nSPS) is 11.3. The molecular weight excluding hydrogens is 667 g/mol. The van der Waals surface area contributed by atoms with Crippen LogP contribution in [0.1, 0.15) is 0 Å². The highest BCUT2D eigenvalue weighted by Crippen LogP contribution is 2.46. The molecule has 55 heavy (non-hydrogen) atoms. The molecule has 0 spiro atoms. The average molecular weight is 702 g/mol. The fourth-order valence-corrected chi connectivity index (χ4v) is 7.89. The summed E-state index contributed by atoms with van der Waals surface area (Å²) in [4.78, 5) is 13.2. The summed E-state index contributed by atoms with van der Waals surface area (Å²) >= 11 is 0. The van der Waals surface area contributed by atoms with Gasteiger partial charge in [0.25, 0.3) is 0 Å². The Morgan fingerprint density at radius 2 is 0.800 bits per heavy atom. The first kappa shape index (κ1) is 32.3. The van der Waals surface area contributed by atoms with Gasteiger partial charge in [-0.15, -0.1) is 0 Å². The van der Waals surface area contributed by atoms with Crippen molar-refractivity contribution in [3.05, 3.63) is 212 Å². The Balaban J connectivity index is 1.31. The maximum absolute atomic E-state index is 5.66. The number of rotatable bonds is 7. The molecule has 0 fully saturated rings. The van der Waals surface area contributed by atoms with Crippen LogP contribution in [-0.4, -0.2) is 9.97 Å².